The zero-order chi connectivity index (χ0) is 13.6. The fourth-order valence-electron chi connectivity index (χ4n) is 1.57. The summed E-state index contributed by atoms with van der Waals surface area (Å²) in [6.07, 6.45) is 0. The lowest BCUT2D eigenvalue weighted by atomic mass is 10.0. The minimum atomic E-state index is -0.205. The second-order valence-corrected chi connectivity index (χ2v) is 3.17. The highest BCUT2D eigenvalue weighted by Gasteiger charge is 2.33. The topological polar surface area (TPSA) is 37.4 Å². The third-order valence-electron chi connectivity index (χ3n) is 2.33. The van der Waals surface area contributed by atoms with Gasteiger partial charge in [0.1, 0.15) is 0 Å². The molecule has 0 aromatic heterocycles. The van der Waals surface area contributed by atoms with Gasteiger partial charge in [-0.25, -0.2) is 0 Å². The lowest BCUT2D eigenvalue weighted by molar-refractivity contribution is 0.0693. The molecule has 0 fully saturated rings. The number of hydrogen-bond donors (Lipinski definition) is 0. The normalized spacial score (nSPS) is 12.2. The van der Waals surface area contributed by atoms with Gasteiger partial charge in [0.15, 0.2) is 0 Å². The molecule has 0 atom stereocenters. The maximum Gasteiger partial charge on any atom is 0.261 e. The Hall–Kier alpha value is -1.64. The fraction of sp³-hybridized carbons (Fsp3) is 0.429. The molecule has 3 nitrogen and oxygen atoms in total. The summed E-state index contributed by atoms with van der Waals surface area (Å²) >= 11 is 0. The van der Waals surface area contributed by atoms with Crippen LogP contribution in [0.3, 0.4) is 0 Å². The first kappa shape index (κ1) is 15.4. The second kappa shape index (κ2) is 6.84. The van der Waals surface area contributed by atoms with Gasteiger partial charge in [0.2, 0.25) is 0 Å². The van der Waals surface area contributed by atoms with E-state index in [1.807, 2.05) is 40.7 Å². The van der Waals surface area contributed by atoms with Crippen molar-refractivity contribution >= 4 is 11.8 Å². The van der Waals surface area contributed by atoms with E-state index in [0.29, 0.717) is 11.1 Å². The third-order valence-corrected chi connectivity index (χ3v) is 2.33. The van der Waals surface area contributed by atoms with Crippen molar-refractivity contribution in [3.05, 3.63) is 34.9 Å². The smallest absolute Gasteiger partial charge is 0.261 e. The molecule has 17 heavy (non-hydrogen) atoms. The number of benzene rings is 1. The molecular formula is C14H21NO2. The molecule has 2 rings (SSSR count). The average Bonchev–Trinajstić information content (AvgIpc) is 2.61. The van der Waals surface area contributed by atoms with Crippen molar-refractivity contribution in [1.29, 1.82) is 0 Å². The molecule has 3 heteroatoms. The number of carbonyl (C=O) groups is 2. The van der Waals surface area contributed by atoms with E-state index >= 15 is 0 Å². The number of hydrogen-bond acceptors (Lipinski definition) is 2. The Balaban J connectivity index is 0.000000581. The van der Waals surface area contributed by atoms with Gasteiger partial charge in [0.05, 0.1) is 11.1 Å². The molecule has 1 aromatic carbocycles. The number of aryl methyl sites for hydroxylation is 1. The highest BCUT2D eigenvalue weighted by atomic mass is 16.2. The van der Waals surface area contributed by atoms with E-state index in [0.717, 1.165) is 10.5 Å². The number of carbonyl (C=O) groups excluding carboxylic acids is 2. The van der Waals surface area contributed by atoms with Crippen LogP contribution in [0.15, 0.2) is 18.2 Å². The summed E-state index contributed by atoms with van der Waals surface area (Å²) in [5.74, 6) is -0.401. The van der Waals surface area contributed by atoms with Crippen LogP contribution in [0.5, 0.6) is 0 Å². The lowest BCUT2D eigenvalue weighted by Crippen LogP contribution is -2.24. The van der Waals surface area contributed by atoms with Gasteiger partial charge >= 0.3 is 0 Å². The molecule has 0 saturated heterocycles. The first-order valence-electron chi connectivity index (χ1n) is 6.05. The molecule has 0 unspecified atom stereocenters. The van der Waals surface area contributed by atoms with Crippen LogP contribution < -0.4 is 0 Å². The zero-order valence-electron chi connectivity index (χ0n) is 11.5. The van der Waals surface area contributed by atoms with Crippen molar-refractivity contribution in [3.63, 3.8) is 0 Å². The van der Waals surface area contributed by atoms with E-state index < -0.39 is 0 Å². The van der Waals surface area contributed by atoms with E-state index in [2.05, 4.69) is 0 Å². The van der Waals surface area contributed by atoms with Crippen molar-refractivity contribution in [2.75, 3.05) is 7.05 Å². The highest BCUT2D eigenvalue weighted by molar-refractivity contribution is 6.21. The predicted molar refractivity (Wildman–Crippen MR) is 70.3 cm³/mol. The Morgan fingerprint density at radius 3 is 1.94 bits per heavy atom. The molecule has 1 aliphatic rings. The van der Waals surface area contributed by atoms with Crippen LogP contribution >= 0.6 is 0 Å². The fourth-order valence-corrected chi connectivity index (χ4v) is 1.57. The van der Waals surface area contributed by atoms with Gasteiger partial charge in [-0.1, -0.05) is 39.8 Å². The summed E-state index contributed by atoms with van der Waals surface area (Å²) in [6, 6.07) is 5.31. The molecular weight excluding hydrogens is 214 g/mol. The molecule has 2 amide bonds. The number of amides is 2. The molecule has 0 saturated carbocycles. The number of fused-ring (bicyclic) bond motifs is 1. The molecule has 0 radical (unpaired) electrons. The van der Waals surface area contributed by atoms with Crippen LogP contribution in [0.1, 0.15) is 54.0 Å². The molecule has 1 aliphatic heterocycles. The van der Waals surface area contributed by atoms with Gasteiger partial charge in [-0.2, -0.15) is 0 Å². The molecule has 1 aromatic rings. The summed E-state index contributed by atoms with van der Waals surface area (Å²) in [7, 11) is 1.50. The summed E-state index contributed by atoms with van der Waals surface area (Å²) < 4.78 is 0. The van der Waals surface area contributed by atoms with Crippen LogP contribution in [-0.2, 0) is 0 Å². The van der Waals surface area contributed by atoms with E-state index in [4.69, 9.17) is 0 Å². The Kier molecular flexibility index (Phi) is 6.18. The van der Waals surface area contributed by atoms with Gasteiger partial charge in [-0.15, -0.1) is 0 Å². The first-order valence-corrected chi connectivity index (χ1v) is 6.05. The molecule has 0 N–H and O–H groups in total. The van der Waals surface area contributed by atoms with Gasteiger partial charge in [-0.05, 0) is 18.6 Å². The second-order valence-electron chi connectivity index (χ2n) is 3.17. The van der Waals surface area contributed by atoms with Crippen LogP contribution in [0, 0.1) is 6.92 Å². The van der Waals surface area contributed by atoms with Gasteiger partial charge in [0, 0.05) is 7.05 Å². The lowest BCUT2D eigenvalue weighted by Gasteiger charge is -2.03. The summed E-state index contributed by atoms with van der Waals surface area (Å²) in [6.45, 7) is 9.84. The monoisotopic (exact) mass is 235 g/mol. The SMILES string of the molecule is CC.CC.Cc1cccc2c1C(=O)N(C)C2=O. The Morgan fingerprint density at radius 1 is 0.941 bits per heavy atom. The van der Waals surface area contributed by atoms with E-state index in [9.17, 15) is 9.59 Å². The van der Waals surface area contributed by atoms with E-state index in [-0.39, 0.29) is 11.8 Å². The third kappa shape index (κ3) is 2.73. The van der Waals surface area contributed by atoms with Crippen molar-refractivity contribution in [1.82, 2.24) is 4.90 Å². The predicted octanol–water partition coefficient (Wildman–Crippen LogP) is 3.27. The van der Waals surface area contributed by atoms with E-state index in [1.165, 1.54) is 7.05 Å². The van der Waals surface area contributed by atoms with Crippen molar-refractivity contribution in [2.24, 2.45) is 0 Å². The largest absolute Gasteiger partial charge is 0.277 e. The Labute approximate surface area is 103 Å². The highest BCUT2D eigenvalue weighted by Crippen LogP contribution is 2.23. The van der Waals surface area contributed by atoms with Crippen molar-refractivity contribution in [2.45, 2.75) is 34.6 Å². The number of imide groups is 1. The Bertz CT molecular complexity index is 411. The van der Waals surface area contributed by atoms with Gasteiger partial charge in [0.25, 0.3) is 11.8 Å². The van der Waals surface area contributed by atoms with Crippen LogP contribution in [-0.4, -0.2) is 23.8 Å². The molecule has 1 heterocycles. The zero-order valence-corrected chi connectivity index (χ0v) is 11.5. The Morgan fingerprint density at radius 2 is 1.47 bits per heavy atom. The summed E-state index contributed by atoms with van der Waals surface area (Å²) in [5, 5.41) is 0. The first-order chi connectivity index (χ1) is 8.13. The van der Waals surface area contributed by atoms with Gasteiger partial charge in [-0.3, -0.25) is 14.5 Å². The molecule has 0 spiro atoms. The van der Waals surface area contributed by atoms with E-state index in [1.54, 1.807) is 12.1 Å². The molecule has 0 bridgehead atoms. The minimum absolute atomic E-state index is 0.196. The van der Waals surface area contributed by atoms with Crippen LogP contribution in [0.4, 0.5) is 0 Å². The van der Waals surface area contributed by atoms with Crippen LogP contribution in [0.25, 0.3) is 0 Å². The molecule has 0 aliphatic carbocycles. The number of nitrogens with zero attached hydrogens (tertiary/aromatic N) is 1. The summed E-state index contributed by atoms with van der Waals surface area (Å²) in [5.41, 5.74) is 1.93. The van der Waals surface area contributed by atoms with Gasteiger partial charge < -0.3 is 0 Å². The maximum atomic E-state index is 11.5. The minimum Gasteiger partial charge on any atom is -0.277 e. The van der Waals surface area contributed by atoms with Crippen molar-refractivity contribution in [3.8, 4) is 0 Å². The van der Waals surface area contributed by atoms with Crippen LogP contribution in [0.2, 0.25) is 0 Å². The number of rotatable bonds is 0. The quantitative estimate of drug-likeness (QED) is 0.647. The molecule has 94 valence electrons. The standard InChI is InChI=1S/C10H9NO2.2C2H6/c1-6-4-3-5-7-8(6)10(13)11(2)9(7)12;2*1-2/h3-5H,1-2H3;2*1-2H3. The average molecular weight is 235 g/mol. The maximum absolute atomic E-state index is 11.5. The summed E-state index contributed by atoms with van der Waals surface area (Å²) in [4.78, 5) is 24.1. The van der Waals surface area contributed by atoms with Crippen molar-refractivity contribution < 1.29 is 9.59 Å².